The summed E-state index contributed by atoms with van der Waals surface area (Å²) in [4.78, 5) is 0. The predicted molar refractivity (Wildman–Crippen MR) is 64.2 cm³/mol. The van der Waals surface area contributed by atoms with Crippen molar-refractivity contribution in [1.29, 1.82) is 0 Å². The molecule has 0 saturated carbocycles. The molecule has 0 atom stereocenters. The highest BCUT2D eigenvalue weighted by Crippen LogP contribution is 2.07. The van der Waals surface area contributed by atoms with Gasteiger partial charge in [0.15, 0.2) is 0 Å². The van der Waals surface area contributed by atoms with E-state index in [1.54, 1.807) is 7.11 Å². The molecule has 0 bridgehead atoms. The lowest BCUT2D eigenvalue weighted by Crippen LogP contribution is -2.25. The van der Waals surface area contributed by atoms with Crippen LogP contribution in [0.2, 0.25) is 0 Å². The summed E-state index contributed by atoms with van der Waals surface area (Å²) >= 11 is 0. The Bertz CT molecular complexity index is 194. The smallest absolute Gasteiger partial charge is 0.447 e. The van der Waals surface area contributed by atoms with E-state index >= 15 is 0 Å². The lowest BCUT2D eigenvalue weighted by molar-refractivity contribution is -0.00604. The van der Waals surface area contributed by atoms with E-state index in [0.717, 1.165) is 0 Å². The lowest BCUT2D eigenvalue weighted by atomic mass is 9.95. The molecule has 19 heavy (non-hydrogen) atoms. The maximum Gasteiger partial charge on any atom is 0.503 e. The monoisotopic (exact) mass is 289 g/mol. The molecule has 0 aromatic heterocycles. The fourth-order valence-corrected chi connectivity index (χ4v) is 1.02. The molecule has 0 heterocycles. The fourth-order valence-electron chi connectivity index (χ4n) is 1.02. The van der Waals surface area contributed by atoms with Gasteiger partial charge in [-0.1, -0.05) is 0 Å². The maximum absolute atomic E-state index is 11.7. The Hall–Kier alpha value is -0.345. The van der Waals surface area contributed by atoms with Crippen molar-refractivity contribution < 1.29 is 36.6 Å². The minimum Gasteiger partial charge on any atom is -0.447 e. The molecule has 0 N–H and O–H groups in total. The predicted octanol–water partition coefficient (Wildman–Crippen LogP) is 1.09. The Morgan fingerprint density at radius 3 is 1.37 bits per heavy atom. The Morgan fingerprint density at radius 1 is 0.632 bits per heavy atom. The standard InChI is InChI=1S/C10H21BF3O5/c1-15-2-3-16-4-5-17-6-7-18-8-9-19-10-11(12,13)14/h2-10H2,1H3/q-1. The van der Waals surface area contributed by atoms with E-state index in [4.69, 9.17) is 18.9 Å². The molecule has 0 amide bonds. The zero-order valence-corrected chi connectivity index (χ0v) is 11.1. The van der Waals surface area contributed by atoms with Crippen LogP contribution in [0.3, 0.4) is 0 Å². The quantitative estimate of drug-likeness (QED) is 0.354. The van der Waals surface area contributed by atoms with Gasteiger partial charge in [0, 0.05) is 13.6 Å². The molecular formula is C10H21BF3O5-. The van der Waals surface area contributed by atoms with Crippen LogP contribution < -0.4 is 0 Å². The van der Waals surface area contributed by atoms with Crippen LogP contribution in [0.25, 0.3) is 0 Å². The van der Waals surface area contributed by atoms with Crippen LogP contribution in [0, 0.1) is 0 Å². The topological polar surface area (TPSA) is 46.2 Å². The molecule has 0 aromatic carbocycles. The highest BCUT2D eigenvalue weighted by Gasteiger charge is 2.22. The van der Waals surface area contributed by atoms with Gasteiger partial charge in [-0.25, -0.2) is 0 Å². The van der Waals surface area contributed by atoms with E-state index in [-0.39, 0.29) is 13.2 Å². The minimum atomic E-state index is -4.87. The molecule has 0 radical (unpaired) electrons. The van der Waals surface area contributed by atoms with Crippen molar-refractivity contribution in [2.45, 2.75) is 0 Å². The average Bonchev–Trinajstić information content (AvgIpc) is 2.34. The van der Waals surface area contributed by atoms with Crippen LogP contribution in [0.5, 0.6) is 0 Å². The molecule has 0 aromatic rings. The highest BCUT2D eigenvalue weighted by atomic mass is 19.4. The summed E-state index contributed by atoms with van der Waals surface area (Å²) in [5.74, 6) is 0. The van der Waals surface area contributed by atoms with Crippen LogP contribution >= 0.6 is 0 Å². The van der Waals surface area contributed by atoms with Gasteiger partial charge in [0.2, 0.25) is 0 Å². The maximum atomic E-state index is 11.7. The summed E-state index contributed by atoms with van der Waals surface area (Å²) in [6.07, 6.45) is 0. The number of hydrogen-bond acceptors (Lipinski definition) is 5. The summed E-state index contributed by atoms with van der Waals surface area (Å²) < 4.78 is 59.7. The lowest BCUT2D eigenvalue weighted by Gasteiger charge is -2.13. The normalized spacial score (nSPS) is 12.0. The van der Waals surface area contributed by atoms with Crippen molar-refractivity contribution in [2.24, 2.45) is 0 Å². The van der Waals surface area contributed by atoms with E-state index in [0.29, 0.717) is 39.6 Å². The van der Waals surface area contributed by atoms with Crippen molar-refractivity contribution in [1.82, 2.24) is 0 Å². The van der Waals surface area contributed by atoms with E-state index in [1.165, 1.54) is 0 Å². The highest BCUT2D eigenvalue weighted by molar-refractivity contribution is 6.58. The second kappa shape index (κ2) is 12.7. The first-order chi connectivity index (χ1) is 9.06. The van der Waals surface area contributed by atoms with Crippen molar-refractivity contribution in [3.63, 3.8) is 0 Å². The van der Waals surface area contributed by atoms with Gasteiger partial charge in [-0.15, -0.1) is 0 Å². The summed E-state index contributed by atoms with van der Waals surface area (Å²) in [7, 11) is 1.59. The Morgan fingerprint density at radius 2 is 1.00 bits per heavy atom. The summed E-state index contributed by atoms with van der Waals surface area (Å²) in [6.45, 7) is -3.32. The third-order valence-corrected chi connectivity index (χ3v) is 1.85. The van der Waals surface area contributed by atoms with Gasteiger partial charge >= 0.3 is 6.98 Å². The first-order valence-corrected chi connectivity index (χ1v) is 6.07. The van der Waals surface area contributed by atoms with Gasteiger partial charge in [-0.2, -0.15) is 0 Å². The second-order valence-electron chi connectivity index (χ2n) is 3.62. The molecule has 0 spiro atoms. The molecule has 0 aliphatic rings. The van der Waals surface area contributed by atoms with Crippen molar-refractivity contribution in [2.75, 3.05) is 66.5 Å². The average molecular weight is 289 g/mol. The minimum absolute atomic E-state index is 0.0681. The Kier molecular flexibility index (Phi) is 12.4. The molecule has 0 saturated heterocycles. The summed E-state index contributed by atoms with van der Waals surface area (Å²) in [5.41, 5.74) is 0. The van der Waals surface area contributed by atoms with Gasteiger partial charge in [0.05, 0.1) is 52.9 Å². The van der Waals surface area contributed by atoms with Crippen molar-refractivity contribution >= 4 is 6.98 Å². The van der Waals surface area contributed by atoms with E-state index in [9.17, 15) is 12.9 Å². The van der Waals surface area contributed by atoms with Crippen LogP contribution in [0.4, 0.5) is 12.9 Å². The molecular weight excluding hydrogens is 268 g/mol. The Labute approximate surface area is 111 Å². The summed E-state index contributed by atoms with van der Waals surface area (Å²) in [6, 6.07) is 0. The van der Waals surface area contributed by atoms with Gasteiger partial charge < -0.3 is 36.6 Å². The molecule has 0 unspecified atom stereocenters. The van der Waals surface area contributed by atoms with Crippen LogP contribution in [0.1, 0.15) is 0 Å². The van der Waals surface area contributed by atoms with E-state index < -0.39 is 13.5 Å². The SMILES string of the molecule is COCCOCCOCCOCCOC[B-](F)(F)F. The van der Waals surface area contributed by atoms with E-state index in [2.05, 4.69) is 4.74 Å². The molecule has 0 aliphatic heterocycles. The third kappa shape index (κ3) is 17.7. The zero-order chi connectivity index (χ0) is 14.4. The van der Waals surface area contributed by atoms with Gasteiger partial charge in [0.25, 0.3) is 0 Å². The molecule has 5 nitrogen and oxygen atoms in total. The molecule has 9 heteroatoms. The second-order valence-corrected chi connectivity index (χ2v) is 3.62. The summed E-state index contributed by atoms with van der Waals surface area (Å²) in [5, 5.41) is 0. The first-order valence-electron chi connectivity index (χ1n) is 6.07. The van der Waals surface area contributed by atoms with Crippen molar-refractivity contribution in [3.8, 4) is 0 Å². The van der Waals surface area contributed by atoms with Gasteiger partial charge in [0.1, 0.15) is 0 Å². The molecule has 0 rings (SSSR count). The van der Waals surface area contributed by atoms with Gasteiger partial charge in [-0.05, 0) is 0 Å². The Balaban J connectivity index is 2.99. The molecule has 0 fully saturated rings. The van der Waals surface area contributed by atoms with Crippen LogP contribution in [0.15, 0.2) is 0 Å². The van der Waals surface area contributed by atoms with Crippen LogP contribution in [-0.4, -0.2) is 73.4 Å². The first kappa shape index (κ1) is 18.7. The zero-order valence-electron chi connectivity index (χ0n) is 11.1. The third-order valence-electron chi connectivity index (χ3n) is 1.85. The van der Waals surface area contributed by atoms with Gasteiger partial charge in [-0.3, -0.25) is 0 Å². The number of methoxy groups -OCH3 is 1. The van der Waals surface area contributed by atoms with E-state index in [1.807, 2.05) is 0 Å². The molecule has 0 aliphatic carbocycles. The largest absolute Gasteiger partial charge is 0.503 e. The van der Waals surface area contributed by atoms with Crippen molar-refractivity contribution in [3.05, 3.63) is 0 Å². The number of ether oxygens (including phenoxy) is 5. The number of halogens is 3. The fraction of sp³-hybridized carbons (Fsp3) is 1.00. The van der Waals surface area contributed by atoms with Crippen LogP contribution in [-0.2, 0) is 23.7 Å². The number of rotatable bonds is 14. The number of hydrogen-bond donors (Lipinski definition) is 0. The molecule has 116 valence electrons.